The molecule has 0 spiro atoms. The van der Waals surface area contributed by atoms with Gasteiger partial charge in [-0.1, -0.05) is 0 Å². The lowest BCUT2D eigenvalue weighted by Gasteiger charge is -2.17. The van der Waals surface area contributed by atoms with E-state index in [-0.39, 0.29) is 0 Å². The van der Waals surface area contributed by atoms with E-state index in [1.807, 2.05) is 6.92 Å². The zero-order chi connectivity index (χ0) is 10.1. The predicted molar refractivity (Wildman–Crippen MR) is 52.6 cm³/mol. The minimum Gasteiger partial charge on any atom is -0.478 e. The first kappa shape index (κ1) is 9.19. The molecule has 1 aliphatic carbocycles. The number of pyridine rings is 1. The smallest absolute Gasteiger partial charge is 0.337 e. The first-order valence-electron chi connectivity index (χ1n) is 4.91. The lowest BCUT2D eigenvalue weighted by Crippen LogP contribution is -2.11. The first-order chi connectivity index (χ1) is 6.70. The summed E-state index contributed by atoms with van der Waals surface area (Å²) >= 11 is 0. The second kappa shape index (κ2) is 3.40. The first-order valence-corrected chi connectivity index (χ1v) is 4.91. The van der Waals surface area contributed by atoms with Crippen LogP contribution in [0.3, 0.4) is 0 Å². The molecule has 0 amide bonds. The summed E-state index contributed by atoms with van der Waals surface area (Å²) in [7, 11) is 0. The van der Waals surface area contributed by atoms with Gasteiger partial charge < -0.3 is 5.11 Å². The molecule has 3 nitrogen and oxygen atoms in total. The van der Waals surface area contributed by atoms with Gasteiger partial charge in [0, 0.05) is 11.9 Å². The number of aromatic carboxylic acids is 1. The summed E-state index contributed by atoms with van der Waals surface area (Å²) in [6.07, 6.45) is 5.79. The van der Waals surface area contributed by atoms with Gasteiger partial charge in [0.05, 0.1) is 5.56 Å². The second-order valence-electron chi connectivity index (χ2n) is 3.73. The summed E-state index contributed by atoms with van der Waals surface area (Å²) < 4.78 is 0. The Hall–Kier alpha value is -1.38. The van der Waals surface area contributed by atoms with Crippen molar-refractivity contribution in [2.75, 3.05) is 0 Å². The molecule has 1 heterocycles. The Morgan fingerprint density at radius 1 is 1.43 bits per heavy atom. The van der Waals surface area contributed by atoms with Gasteiger partial charge in [0.25, 0.3) is 0 Å². The van der Waals surface area contributed by atoms with Gasteiger partial charge >= 0.3 is 5.97 Å². The van der Waals surface area contributed by atoms with Crippen molar-refractivity contribution < 1.29 is 9.90 Å². The fourth-order valence-corrected chi connectivity index (χ4v) is 2.05. The molecule has 1 aliphatic rings. The molecule has 0 atom stereocenters. The molecule has 3 heteroatoms. The average Bonchev–Trinajstić information content (AvgIpc) is 2.18. The average molecular weight is 191 g/mol. The maximum Gasteiger partial charge on any atom is 0.337 e. The highest BCUT2D eigenvalue weighted by molar-refractivity contribution is 5.89. The highest BCUT2D eigenvalue weighted by atomic mass is 16.4. The van der Waals surface area contributed by atoms with E-state index in [9.17, 15) is 4.79 Å². The van der Waals surface area contributed by atoms with E-state index in [0.29, 0.717) is 5.56 Å². The summed E-state index contributed by atoms with van der Waals surface area (Å²) in [4.78, 5) is 15.1. The summed E-state index contributed by atoms with van der Waals surface area (Å²) in [5, 5.41) is 8.93. The zero-order valence-corrected chi connectivity index (χ0v) is 8.21. The van der Waals surface area contributed by atoms with Crippen molar-refractivity contribution in [2.24, 2.45) is 0 Å². The van der Waals surface area contributed by atoms with Crippen LogP contribution in [0.15, 0.2) is 6.20 Å². The summed E-state index contributed by atoms with van der Waals surface area (Å²) in [6.45, 7) is 1.88. The number of fused-ring (bicyclic) bond motifs is 1. The number of carboxylic acid groups (broad SMARTS) is 1. The topological polar surface area (TPSA) is 50.2 Å². The van der Waals surface area contributed by atoms with Crippen LogP contribution < -0.4 is 0 Å². The van der Waals surface area contributed by atoms with Crippen LogP contribution in [0.1, 0.15) is 40.0 Å². The third-order valence-electron chi connectivity index (χ3n) is 2.88. The van der Waals surface area contributed by atoms with Crippen molar-refractivity contribution in [3.05, 3.63) is 28.6 Å². The van der Waals surface area contributed by atoms with Crippen LogP contribution in [0.2, 0.25) is 0 Å². The number of hydrogen-bond donors (Lipinski definition) is 1. The van der Waals surface area contributed by atoms with Crippen molar-refractivity contribution >= 4 is 5.97 Å². The number of nitrogens with zero attached hydrogens (tertiary/aromatic N) is 1. The van der Waals surface area contributed by atoms with Crippen LogP contribution in [0.4, 0.5) is 0 Å². The Bertz CT molecular complexity index is 385. The van der Waals surface area contributed by atoms with Gasteiger partial charge in [0.2, 0.25) is 0 Å². The molecule has 0 saturated carbocycles. The molecule has 0 fully saturated rings. The minimum atomic E-state index is -0.872. The minimum absolute atomic E-state index is 0.352. The van der Waals surface area contributed by atoms with Gasteiger partial charge in [0.1, 0.15) is 0 Å². The van der Waals surface area contributed by atoms with Crippen molar-refractivity contribution in [3.8, 4) is 0 Å². The number of aromatic nitrogens is 1. The molecule has 0 bridgehead atoms. The van der Waals surface area contributed by atoms with E-state index in [2.05, 4.69) is 4.98 Å². The Morgan fingerprint density at radius 2 is 2.14 bits per heavy atom. The summed E-state index contributed by atoms with van der Waals surface area (Å²) in [5.41, 5.74) is 3.52. The van der Waals surface area contributed by atoms with Crippen molar-refractivity contribution in [3.63, 3.8) is 0 Å². The highest BCUT2D eigenvalue weighted by Gasteiger charge is 2.17. The van der Waals surface area contributed by atoms with Crippen molar-refractivity contribution in [2.45, 2.75) is 32.6 Å². The number of carboxylic acids is 1. The lowest BCUT2D eigenvalue weighted by atomic mass is 9.91. The summed E-state index contributed by atoms with van der Waals surface area (Å²) in [5.74, 6) is -0.872. The van der Waals surface area contributed by atoms with Crippen LogP contribution in [0.25, 0.3) is 0 Å². The molecular formula is C11H13NO2. The van der Waals surface area contributed by atoms with Gasteiger partial charge in [-0.15, -0.1) is 0 Å². The molecule has 0 aromatic carbocycles. The van der Waals surface area contributed by atoms with E-state index in [1.54, 1.807) is 0 Å². The molecule has 74 valence electrons. The van der Waals surface area contributed by atoms with Gasteiger partial charge in [-0.05, 0) is 43.7 Å². The summed E-state index contributed by atoms with van der Waals surface area (Å²) in [6, 6.07) is 0. The van der Waals surface area contributed by atoms with E-state index in [4.69, 9.17) is 5.11 Å². The normalized spacial score (nSPS) is 14.9. The predicted octanol–water partition coefficient (Wildman–Crippen LogP) is 1.97. The van der Waals surface area contributed by atoms with E-state index in [0.717, 1.165) is 36.1 Å². The number of aryl methyl sites for hydroxylation is 1. The maximum atomic E-state index is 10.9. The van der Waals surface area contributed by atoms with Crippen LogP contribution in [0.5, 0.6) is 0 Å². The third kappa shape index (κ3) is 1.39. The van der Waals surface area contributed by atoms with Gasteiger partial charge in [-0.2, -0.15) is 0 Å². The van der Waals surface area contributed by atoms with E-state index in [1.165, 1.54) is 12.6 Å². The SMILES string of the molecule is Cc1c(C(=O)O)cnc2c1CCCC2. The maximum absolute atomic E-state index is 10.9. The molecule has 0 aliphatic heterocycles. The van der Waals surface area contributed by atoms with Crippen LogP contribution in [0, 0.1) is 6.92 Å². The molecule has 1 aromatic rings. The number of carbonyl (C=O) groups is 1. The molecule has 0 saturated heterocycles. The number of rotatable bonds is 1. The van der Waals surface area contributed by atoms with Crippen LogP contribution in [-0.4, -0.2) is 16.1 Å². The molecule has 1 aromatic heterocycles. The van der Waals surface area contributed by atoms with Gasteiger partial charge in [-0.3, -0.25) is 4.98 Å². The third-order valence-corrected chi connectivity index (χ3v) is 2.88. The largest absolute Gasteiger partial charge is 0.478 e. The molecule has 1 N–H and O–H groups in total. The monoisotopic (exact) mass is 191 g/mol. The van der Waals surface area contributed by atoms with Gasteiger partial charge in [0.15, 0.2) is 0 Å². The zero-order valence-electron chi connectivity index (χ0n) is 8.21. The second-order valence-corrected chi connectivity index (χ2v) is 3.73. The van der Waals surface area contributed by atoms with Crippen molar-refractivity contribution in [1.82, 2.24) is 4.98 Å². The van der Waals surface area contributed by atoms with Crippen LogP contribution in [-0.2, 0) is 12.8 Å². The Balaban J connectivity index is 2.54. The molecule has 0 radical (unpaired) electrons. The molecular weight excluding hydrogens is 178 g/mol. The fourth-order valence-electron chi connectivity index (χ4n) is 2.05. The van der Waals surface area contributed by atoms with Crippen molar-refractivity contribution in [1.29, 1.82) is 0 Å². The quantitative estimate of drug-likeness (QED) is 0.738. The van der Waals surface area contributed by atoms with E-state index >= 15 is 0 Å². The Kier molecular flexibility index (Phi) is 2.23. The Labute approximate surface area is 82.8 Å². The fraction of sp³-hybridized carbons (Fsp3) is 0.455. The molecule has 14 heavy (non-hydrogen) atoms. The van der Waals surface area contributed by atoms with Gasteiger partial charge in [-0.25, -0.2) is 4.79 Å². The van der Waals surface area contributed by atoms with E-state index < -0.39 is 5.97 Å². The highest BCUT2D eigenvalue weighted by Crippen LogP contribution is 2.24. The van der Waals surface area contributed by atoms with Crippen LogP contribution >= 0.6 is 0 Å². The number of hydrogen-bond acceptors (Lipinski definition) is 2. The molecule has 2 rings (SSSR count). The Morgan fingerprint density at radius 3 is 2.86 bits per heavy atom. The standard InChI is InChI=1S/C11H13NO2/c1-7-8-4-2-3-5-10(8)12-6-9(7)11(13)14/h6H,2-5H2,1H3,(H,13,14). The molecule has 0 unspecified atom stereocenters. The lowest BCUT2D eigenvalue weighted by molar-refractivity contribution is 0.0695.